The number of nitrogens with zero attached hydrogens (tertiary/aromatic N) is 2. The number of hydrogen-bond acceptors (Lipinski definition) is 7. The van der Waals surface area contributed by atoms with Gasteiger partial charge < -0.3 is 10.1 Å². The lowest BCUT2D eigenvalue weighted by atomic mass is 10.2. The smallest absolute Gasteiger partial charge is 0.216 e. The lowest BCUT2D eigenvalue weighted by Crippen LogP contribution is -2.22. The van der Waals surface area contributed by atoms with E-state index in [0.29, 0.717) is 6.54 Å². The molecule has 1 heterocycles. The van der Waals surface area contributed by atoms with E-state index in [9.17, 15) is 4.79 Å². The number of carbonyl (C=O) groups is 1. The van der Waals surface area contributed by atoms with E-state index in [1.807, 2.05) is 12.1 Å². The summed E-state index contributed by atoms with van der Waals surface area (Å²) in [6, 6.07) is 8.02. The molecule has 0 aliphatic heterocycles. The van der Waals surface area contributed by atoms with E-state index in [-0.39, 0.29) is 5.91 Å². The average molecular weight is 356 g/mol. The van der Waals surface area contributed by atoms with E-state index < -0.39 is 0 Å². The molecular formula is C14H17N3O2S3. The van der Waals surface area contributed by atoms with Gasteiger partial charge in [-0.2, -0.15) is 0 Å². The van der Waals surface area contributed by atoms with Crippen LogP contribution in [0.4, 0.5) is 0 Å². The molecule has 8 heteroatoms. The predicted molar refractivity (Wildman–Crippen MR) is 91.9 cm³/mol. The Morgan fingerprint density at radius 2 is 1.91 bits per heavy atom. The van der Waals surface area contributed by atoms with Crippen LogP contribution >= 0.6 is 34.9 Å². The molecule has 1 aromatic heterocycles. The second kappa shape index (κ2) is 9.02. The monoisotopic (exact) mass is 355 g/mol. The van der Waals surface area contributed by atoms with Crippen molar-refractivity contribution >= 4 is 40.8 Å². The minimum absolute atomic E-state index is 0.00593. The number of carbonyl (C=O) groups excluding carboxylic acids is 1. The van der Waals surface area contributed by atoms with Crippen molar-refractivity contribution in [2.75, 3.05) is 19.4 Å². The Kier molecular flexibility index (Phi) is 7.01. The van der Waals surface area contributed by atoms with Crippen LogP contribution in [0.2, 0.25) is 0 Å². The van der Waals surface area contributed by atoms with Gasteiger partial charge in [-0.25, -0.2) is 0 Å². The fourth-order valence-electron chi connectivity index (χ4n) is 1.55. The van der Waals surface area contributed by atoms with Crippen molar-refractivity contribution in [2.45, 2.75) is 21.4 Å². The normalized spacial score (nSPS) is 10.5. The van der Waals surface area contributed by atoms with Crippen molar-refractivity contribution in [3.05, 3.63) is 29.8 Å². The lowest BCUT2D eigenvalue weighted by molar-refractivity contribution is -0.118. The summed E-state index contributed by atoms with van der Waals surface area (Å²) in [6.45, 7) is 2.16. The molecule has 0 saturated carbocycles. The third kappa shape index (κ3) is 5.86. The zero-order valence-electron chi connectivity index (χ0n) is 12.4. The van der Waals surface area contributed by atoms with Gasteiger partial charge in [-0.05, 0) is 17.7 Å². The molecule has 0 fully saturated rings. The maximum Gasteiger partial charge on any atom is 0.216 e. The number of ether oxygens (including phenoxy) is 1. The zero-order valence-corrected chi connectivity index (χ0v) is 14.8. The van der Waals surface area contributed by atoms with Gasteiger partial charge in [-0.1, -0.05) is 47.0 Å². The fraction of sp³-hybridized carbons (Fsp3) is 0.357. The summed E-state index contributed by atoms with van der Waals surface area (Å²) in [5, 5.41) is 11.1. The molecule has 0 aliphatic rings. The van der Waals surface area contributed by atoms with Gasteiger partial charge in [0.25, 0.3) is 0 Å². The first kappa shape index (κ1) is 17.1. The zero-order chi connectivity index (χ0) is 15.8. The van der Waals surface area contributed by atoms with Crippen LogP contribution in [0.5, 0.6) is 5.75 Å². The van der Waals surface area contributed by atoms with Crippen LogP contribution in [0, 0.1) is 0 Å². The highest BCUT2D eigenvalue weighted by atomic mass is 32.2. The van der Waals surface area contributed by atoms with Gasteiger partial charge in [0.15, 0.2) is 8.68 Å². The van der Waals surface area contributed by atoms with Crippen molar-refractivity contribution in [3.63, 3.8) is 0 Å². The van der Waals surface area contributed by atoms with E-state index >= 15 is 0 Å². The summed E-state index contributed by atoms with van der Waals surface area (Å²) < 4.78 is 7.03. The number of methoxy groups -OCH3 is 1. The van der Waals surface area contributed by atoms with Crippen molar-refractivity contribution in [2.24, 2.45) is 0 Å². The fourth-order valence-corrected chi connectivity index (χ4v) is 4.45. The molecule has 0 unspecified atom stereocenters. The number of benzene rings is 1. The topological polar surface area (TPSA) is 64.1 Å². The predicted octanol–water partition coefficient (Wildman–Crippen LogP) is 3.07. The highest BCUT2D eigenvalue weighted by Crippen LogP contribution is 2.30. The second-order valence-corrected chi connectivity index (χ2v) is 7.84. The largest absolute Gasteiger partial charge is 0.497 e. The second-order valence-electron chi connectivity index (χ2n) is 4.30. The molecular weight excluding hydrogens is 338 g/mol. The van der Waals surface area contributed by atoms with Gasteiger partial charge in [0.05, 0.1) is 7.11 Å². The standard InChI is InChI=1S/C14H17N3O2S3/c1-10(18)15-7-8-20-13-16-17-14(22-13)21-9-11-3-5-12(19-2)6-4-11/h3-6H,7-9H2,1-2H3,(H,15,18). The van der Waals surface area contributed by atoms with Crippen molar-refractivity contribution in [1.82, 2.24) is 15.5 Å². The van der Waals surface area contributed by atoms with Crippen LogP contribution in [0.15, 0.2) is 32.9 Å². The Balaban J connectivity index is 1.75. The summed E-state index contributed by atoms with van der Waals surface area (Å²) in [6.07, 6.45) is 0. The SMILES string of the molecule is COc1ccc(CSc2nnc(SCCNC(C)=O)s2)cc1. The molecule has 0 aliphatic carbocycles. The molecule has 118 valence electrons. The number of nitrogens with one attached hydrogen (secondary N) is 1. The van der Waals surface area contributed by atoms with Gasteiger partial charge in [0.1, 0.15) is 5.75 Å². The van der Waals surface area contributed by atoms with Gasteiger partial charge in [-0.3, -0.25) is 4.79 Å². The van der Waals surface area contributed by atoms with Crippen LogP contribution in [-0.2, 0) is 10.5 Å². The number of hydrogen-bond donors (Lipinski definition) is 1. The van der Waals surface area contributed by atoms with Crippen LogP contribution in [0.3, 0.4) is 0 Å². The van der Waals surface area contributed by atoms with E-state index in [0.717, 1.165) is 25.9 Å². The summed E-state index contributed by atoms with van der Waals surface area (Å²) in [5.41, 5.74) is 1.22. The summed E-state index contributed by atoms with van der Waals surface area (Å²) in [5.74, 6) is 2.52. The van der Waals surface area contributed by atoms with E-state index in [1.54, 1.807) is 42.0 Å². The molecule has 1 N–H and O–H groups in total. The Hall–Kier alpha value is -1.25. The Labute approximate surface area is 142 Å². The Bertz CT molecular complexity index is 602. The first-order valence-electron chi connectivity index (χ1n) is 6.64. The minimum Gasteiger partial charge on any atom is -0.497 e. The van der Waals surface area contributed by atoms with Crippen LogP contribution in [-0.4, -0.2) is 35.5 Å². The van der Waals surface area contributed by atoms with Gasteiger partial charge in [0, 0.05) is 25.0 Å². The lowest BCUT2D eigenvalue weighted by Gasteiger charge is -2.01. The quantitative estimate of drug-likeness (QED) is 0.580. The molecule has 0 spiro atoms. The molecule has 0 radical (unpaired) electrons. The van der Waals surface area contributed by atoms with E-state index in [2.05, 4.69) is 27.6 Å². The van der Waals surface area contributed by atoms with Gasteiger partial charge in [0.2, 0.25) is 5.91 Å². The number of amides is 1. The average Bonchev–Trinajstić information content (AvgIpc) is 2.98. The highest BCUT2D eigenvalue weighted by Gasteiger charge is 2.06. The van der Waals surface area contributed by atoms with E-state index in [4.69, 9.17) is 4.74 Å². The van der Waals surface area contributed by atoms with Crippen LogP contribution in [0.25, 0.3) is 0 Å². The maximum absolute atomic E-state index is 10.8. The molecule has 0 atom stereocenters. The Morgan fingerprint density at radius 3 is 2.55 bits per heavy atom. The van der Waals surface area contributed by atoms with Crippen molar-refractivity contribution in [3.8, 4) is 5.75 Å². The molecule has 22 heavy (non-hydrogen) atoms. The van der Waals surface area contributed by atoms with Crippen molar-refractivity contribution < 1.29 is 9.53 Å². The summed E-state index contributed by atoms with van der Waals surface area (Å²) in [7, 11) is 1.66. The molecule has 1 amide bonds. The third-order valence-electron chi connectivity index (χ3n) is 2.61. The molecule has 1 aromatic carbocycles. The van der Waals surface area contributed by atoms with Crippen molar-refractivity contribution in [1.29, 1.82) is 0 Å². The molecule has 0 saturated heterocycles. The summed E-state index contributed by atoms with van der Waals surface area (Å²) >= 11 is 4.87. The molecule has 5 nitrogen and oxygen atoms in total. The molecule has 2 rings (SSSR count). The highest BCUT2D eigenvalue weighted by molar-refractivity contribution is 8.02. The first-order valence-corrected chi connectivity index (χ1v) is 9.42. The first-order chi connectivity index (χ1) is 10.7. The summed E-state index contributed by atoms with van der Waals surface area (Å²) in [4.78, 5) is 10.8. The third-order valence-corrected chi connectivity index (χ3v) is 5.87. The molecule has 2 aromatic rings. The van der Waals surface area contributed by atoms with Gasteiger partial charge >= 0.3 is 0 Å². The van der Waals surface area contributed by atoms with Crippen LogP contribution < -0.4 is 10.1 Å². The number of rotatable bonds is 8. The Morgan fingerprint density at radius 1 is 1.23 bits per heavy atom. The maximum atomic E-state index is 10.8. The van der Waals surface area contributed by atoms with E-state index in [1.165, 1.54) is 12.5 Å². The minimum atomic E-state index is -0.00593. The van der Waals surface area contributed by atoms with Crippen LogP contribution in [0.1, 0.15) is 12.5 Å². The number of aromatic nitrogens is 2. The van der Waals surface area contributed by atoms with Gasteiger partial charge in [-0.15, -0.1) is 10.2 Å². The molecule has 0 bridgehead atoms. The number of thioether (sulfide) groups is 2.